The first kappa shape index (κ1) is 14.0. The second kappa shape index (κ2) is 6.19. The van der Waals surface area contributed by atoms with E-state index in [4.69, 9.17) is 0 Å². The average Bonchev–Trinajstić information content (AvgIpc) is 2.58. The van der Waals surface area contributed by atoms with Gasteiger partial charge in [-0.15, -0.1) is 0 Å². The van der Waals surface area contributed by atoms with Gasteiger partial charge in [-0.25, -0.2) is 0 Å². The van der Waals surface area contributed by atoms with Gasteiger partial charge in [0, 0.05) is 25.8 Å². The number of pyridine rings is 1. The highest BCUT2D eigenvalue weighted by Gasteiger charge is 2.36. The van der Waals surface area contributed by atoms with Crippen LogP contribution in [0, 0.1) is 0 Å². The lowest BCUT2D eigenvalue weighted by molar-refractivity contribution is 0.155. The number of piperidine rings is 1. The van der Waals surface area contributed by atoms with E-state index in [1.807, 2.05) is 18.3 Å². The van der Waals surface area contributed by atoms with Crippen molar-refractivity contribution >= 4 is 6.72 Å². The molecule has 0 atom stereocenters. The van der Waals surface area contributed by atoms with E-state index in [-0.39, 0.29) is 5.54 Å². The third-order valence-electron chi connectivity index (χ3n) is 4.38. The zero-order valence-electron chi connectivity index (χ0n) is 12.3. The lowest BCUT2D eigenvalue weighted by Gasteiger charge is -2.38. The average molecular weight is 279 g/mol. The molecule has 1 saturated heterocycles. The molecular weight excluding hydrogens is 258 g/mol. The number of likely N-dealkylation sites (tertiary alicyclic amines) is 1. The summed E-state index contributed by atoms with van der Waals surface area (Å²) in [6.45, 7) is 6.91. The number of nitrogens with zero attached hydrogens (tertiary/aromatic N) is 3. The molecule has 1 aromatic carbocycles. The smallest absolute Gasteiger partial charge is 0.104 e. The van der Waals surface area contributed by atoms with Crippen molar-refractivity contribution in [1.29, 1.82) is 0 Å². The SMILES string of the molecule is C=NC1(c2ccccn2)CCN(Cc2ccccc2)CC1. The Hall–Kier alpha value is -2.00. The minimum Gasteiger partial charge on any atom is -0.299 e. The molecule has 0 N–H and O–H groups in total. The van der Waals surface area contributed by atoms with E-state index < -0.39 is 0 Å². The van der Waals surface area contributed by atoms with E-state index in [9.17, 15) is 0 Å². The fourth-order valence-electron chi connectivity index (χ4n) is 3.06. The van der Waals surface area contributed by atoms with Crippen LogP contribution in [-0.2, 0) is 12.1 Å². The minimum atomic E-state index is -0.200. The summed E-state index contributed by atoms with van der Waals surface area (Å²) in [7, 11) is 0. The van der Waals surface area contributed by atoms with Gasteiger partial charge in [0.15, 0.2) is 0 Å². The van der Waals surface area contributed by atoms with Crippen molar-refractivity contribution in [2.75, 3.05) is 13.1 Å². The van der Waals surface area contributed by atoms with Crippen molar-refractivity contribution in [1.82, 2.24) is 9.88 Å². The Kier molecular flexibility index (Phi) is 4.11. The zero-order chi connectivity index (χ0) is 14.5. The van der Waals surface area contributed by atoms with Crippen molar-refractivity contribution < 1.29 is 0 Å². The summed E-state index contributed by atoms with van der Waals surface area (Å²) in [5.41, 5.74) is 2.22. The maximum Gasteiger partial charge on any atom is 0.104 e. The number of hydrogen-bond donors (Lipinski definition) is 0. The van der Waals surface area contributed by atoms with Crippen molar-refractivity contribution in [3.63, 3.8) is 0 Å². The van der Waals surface area contributed by atoms with Crippen LogP contribution < -0.4 is 0 Å². The standard InChI is InChI=1S/C18H21N3/c1-19-18(17-9-5-6-12-20-17)10-13-21(14-11-18)15-16-7-3-2-4-8-16/h2-9,12H,1,10-11,13-15H2. The van der Waals surface area contributed by atoms with Crippen LogP contribution in [0.4, 0.5) is 0 Å². The minimum absolute atomic E-state index is 0.200. The molecule has 2 heterocycles. The highest BCUT2D eigenvalue weighted by Crippen LogP contribution is 2.35. The van der Waals surface area contributed by atoms with Gasteiger partial charge in [-0.05, 0) is 37.3 Å². The van der Waals surface area contributed by atoms with Gasteiger partial charge in [0.1, 0.15) is 5.54 Å². The number of aliphatic imine (C=N–C) groups is 1. The normalized spacial score (nSPS) is 18.3. The van der Waals surface area contributed by atoms with Gasteiger partial charge in [-0.2, -0.15) is 0 Å². The summed E-state index contributed by atoms with van der Waals surface area (Å²) in [4.78, 5) is 11.4. The van der Waals surface area contributed by atoms with Gasteiger partial charge >= 0.3 is 0 Å². The Labute approximate surface area is 126 Å². The summed E-state index contributed by atoms with van der Waals surface area (Å²) in [5.74, 6) is 0. The molecule has 2 aromatic rings. The monoisotopic (exact) mass is 279 g/mol. The molecule has 3 heteroatoms. The summed E-state index contributed by atoms with van der Waals surface area (Å²) in [6.07, 6.45) is 3.82. The van der Waals surface area contributed by atoms with E-state index in [0.717, 1.165) is 38.2 Å². The highest BCUT2D eigenvalue weighted by molar-refractivity contribution is 5.30. The Morgan fingerprint density at radius 2 is 1.76 bits per heavy atom. The van der Waals surface area contributed by atoms with Gasteiger partial charge in [-0.1, -0.05) is 36.4 Å². The van der Waals surface area contributed by atoms with Gasteiger partial charge in [0.05, 0.1) is 5.69 Å². The molecule has 1 aliphatic rings. The van der Waals surface area contributed by atoms with Crippen molar-refractivity contribution in [3.05, 3.63) is 66.0 Å². The van der Waals surface area contributed by atoms with Crippen LogP contribution in [0.1, 0.15) is 24.1 Å². The molecule has 0 saturated carbocycles. The number of benzene rings is 1. The second-order valence-electron chi connectivity index (χ2n) is 5.67. The summed E-state index contributed by atoms with van der Waals surface area (Å²) in [5, 5.41) is 0. The maximum absolute atomic E-state index is 4.50. The largest absolute Gasteiger partial charge is 0.299 e. The lowest BCUT2D eigenvalue weighted by atomic mass is 9.84. The Balaban J connectivity index is 1.67. The topological polar surface area (TPSA) is 28.5 Å². The fourth-order valence-corrected chi connectivity index (χ4v) is 3.06. The molecule has 0 unspecified atom stereocenters. The van der Waals surface area contributed by atoms with Crippen LogP contribution >= 0.6 is 0 Å². The quantitative estimate of drug-likeness (QED) is 0.804. The van der Waals surface area contributed by atoms with Crippen LogP contribution in [0.5, 0.6) is 0 Å². The number of hydrogen-bond acceptors (Lipinski definition) is 3. The van der Waals surface area contributed by atoms with Crippen LogP contribution in [0.15, 0.2) is 59.7 Å². The first-order valence-corrected chi connectivity index (χ1v) is 7.48. The molecule has 0 aliphatic carbocycles. The second-order valence-corrected chi connectivity index (χ2v) is 5.67. The Morgan fingerprint density at radius 1 is 1.05 bits per heavy atom. The van der Waals surface area contributed by atoms with Crippen LogP contribution in [0.2, 0.25) is 0 Å². The van der Waals surface area contributed by atoms with Crippen molar-refractivity contribution in [3.8, 4) is 0 Å². The molecule has 1 aliphatic heterocycles. The molecule has 108 valence electrons. The first-order chi connectivity index (χ1) is 10.3. The van der Waals surface area contributed by atoms with E-state index in [1.165, 1.54) is 5.56 Å². The Morgan fingerprint density at radius 3 is 2.38 bits per heavy atom. The third-order valence-corrected chi connectivity index (χ3v) is 4.38. The molecule has 0 spiro atoms. The zero-order valence-corrected chi connectivity index (χ0v) is 12.3. The first-order valence-electron chi connectivity index (χ1n) is 7.48. The highest BCUT2D eigenvalue weighted by atomic mass is 15.1. The number of aromatic nitrogens is 1. The van der Waals surface area contributed by atoms with Gasteiger partial charge in [0.25, 0.3) is 0 Å². The van der Waals surface area contributed by atoms with E-state index in [0.29, 0.717) is 0 Å². The predicted octanol–water partition coefficient (Wildman–Crippen LogP) is 3.27. The third kappa shape index (κ3) is 3.03. The van der Waals surface area contributed by atoms with E-state index in [1.54, 1.807) is 0 Å². The van der Waals surface area contributed by atoms with E-state index >= 15 is 0 Å². The van der Waals surface area contributed by atoms with Crippen molar-refractivity contribution in [2.45, 2.75) is 24.9 Å². The summed E-state index contributed by atoms with van der Waals surface area (Å²) >= 11 is 0. The molecule has 1 aromatic heterocycles. The summed E-state index contributed by atoms with van der Waals surface area (Å²) < 4.78 is 0. The van der Waals surface area contributed by atoms with Crippen LogP contribution in [0.25, 0.3) is 0 Å². The molecule has 3 rings (SSSR count). The molecule has 0 amide bonds. The molecular formula is C18H21N3. The van der Waals surface area contributed by atoms with Crippen LogP contribution in [0.3, 0.4) is 0 Å². The maximum atomic E-state index is 4.50. The van der Waals surface area contributed by atoms with E-state index in [2.05, 4.69) is 58.0 Å². The summed E-state index contributed by atoms with van der Waals surface area (Å²) in [6, 6.07) is 16.7. The molecule has 1 fully saturated rings. The van der Waals surface area contributed by atoms with Gasteiger partial charge in [-0.3, -0.25) is 14.9 Å². The number of rotatable bonds is 4. The van der Waals surface area contributed by atoms with Crippen molar-refractivity contribution in [2.24, 2.45) is 4.99 Å². The fraction of sp³-hybridized carbons (Fsp3) is 0.333. The van der Waals surface area contributed by atoms with Gasteiger partial charge < -0.3 is 0 Å². The molecule has 3 nitrogen and oxygen atoms in total. The predicted molar refractivity (Wildman–Crippen MR) is 86.4 cm³/mol. The lowest BCUT2D eigenvalue weighted by Crippen LogP contribution is -2.41. The molecule has 0 bridgehead atoms. The molecule has 0 radical (unpaired) electrons. The Bertz CT molecular complexity index is 572. The van der Waals surface area contributed by atoms with Gasteiger partial charge in [0.2, 0.25) is 0 Å². The molecule has 21 heavy (non-hydrogen) atoms. The van der Waals surface area contributed by atoms with Crippen LogP contribution in [-0.4, -0.2) is 29.7 Å².